The lowest BCUT2D eigenvalue weighted by Crippen LogP contribution is -2.40. The van der Waals surface area contributed by atoms with E-state index in [1.807, 2.05) is 61.5 Å². The second-order valence-corrected chi connectivity index (χ2v) is 6.28. The van der Waals surface area contributed by atoms with Gasteiger partial charge in [-0.15, -0.1) is 0 Å². The number of hydrogen-bond donors (Lipinski definition) is 2. The van der Waals surface area contributed by atoms with Crippen molar-refractivity contribution < 1.29 is 14.3 Å². The molecular weight excluding hydrogens is 370 g/mol. The molecule has 0 aliphatic rings. The van der Waals surface area contributed by atoms with E-state index >= 15 is 0 Å². The number of rotatable bonds is 9. The van der Waals surface area contributed by atoms with Crippen LogP contribution in [-0.2, 0) is 16.1 Å². The van der Waals surface area contributed by atoms with Gasteiger partial charge in [0.2, 0.25) is 11.8 Å². The van der Waals surface area contributed by atoms with Crippen molar-refractivity contribution in [3.8, 4) is 5.75 Å². The minimum Gasteiger partial charge on any atom is -0.494 e. The summed E-state index contributed by atoms with van der Waals surface area (Å²) < 4.78 is 6.88. The van der Waals surface area contributed by atoms with Crippen molar-refractivity contribution in [2.24, 2.45) is 0 Å². The van der Waals surface area contributed by atoms with Gasteiger partial charge in [-0.1, -0.05) is 42.5 Å². The first-order valence-electron chi connectivity index (χ1n) is 9.32. The maximum Gasteiger partial charge on any atom is 0.242 e. The summed E-state index contributed by atoms with van der Waals surface area (Å²) in [6, 6.07) is 16.9. The monoisotopic (exact) mass is 393 g/mol. The van der Waals surface area contributed by atoms with Crippen molar-refractivity contribution in [2.45, 2.75) is 19.5 Å². The molecule has 0 aliphatic heterocycles. The van der Waals surface area contributed by atoms with Gasteiger partial charge in [-0.3, -0.25) is 9.59 Å². The van der Waals surface area contributed by atoms with Crippen molar-refractivity contribution in [1.82, 2.24) is 25.4 Å². The Morgan fingerprint density at radius 2 is 1.76 bits per heavy atom. The predicted octanol–water partition coefficient (Wildman–Crippen LogP) is 1.70. The summed E-state index contributed by atoms with van der Waals surface area (Å²) in [6.07, 6.45) is 2.79. The van der Waals surface area contributed by atoms with Crippen molar-refractivity contribution in [2.75, 3.05) is 13.2 Å². The zero-order valence-corrected chi connectivity index (χ0v) is 16.1. The van der Waals surface area contributed by atoms with Crippen molar-refractivity contribution in [3.63, 3.8) is 0 Å². The van der Waals surface area contributed by atoms with Crippen molar-refractivity contribution in [1.29, 1.82) is 0 Å². The van der Waals surface area contributed by atoms with Crippen LogP contribution in [0.4, 0.5) is 0 Å². The number of carbonyl (C=O) groups excluding carboxylic acids is 2. The van der Waals surface area contributed by atoms with Crippen LogP contribution in [-0.4, -0.2) is 39.7 Å². The van der Waals surface area contributed by atoms with Gasteiger partial charge in [-0.05, 0) is 30.2 Å². The molecule has 0 aliphatic carbocycles. The zero-order valence-electron chi connectivity index (χ0n) is 16.1. The quantitative estimate of drug-likeness (QED) is 0.577. The number of nitrogens with zero attached hydrogens (tertiary/aromatic N) is 3. The smallest absolute Gasteiger partial charge is 0.242 e. The molecule has 3 aromatic rings. The predicted molar refractivity (Wildman–Crippen MR) is 107 cm³/mol. The fraction of sp³-hybridized carbons (Fsp3) is 0.238. The molecule has 2 amide bonds. The van der Waals surface area contributed by atoms with E-state index in [0.717, 1.165) is 16.9 Å². The standard InChI is InChI=1S/C21H23N5O3/c1-2-29-18-10-8-17(9-11-18)21(16-6-4-3-5-7-16)25-19(27)12-23-20(28)13-26-15-22-14-24-26/h3-11,14-15,21H,2,12-13H2,1H3,(H,23,28)(H,25,27)/t21-/m1/s1. The van der Waals surface area contributed by atoms with Gasteiger partial charge in [-0.2, -0.15) is 5.10 Å². The number of aromatic nitrogens is 3. The normalized spacial score (nSPS) is 11.5. The lowest BCUT2D eigenvalue weighted by Gasteiger charge is -2.20. The van der Waals surface area contributed by atoms with Crippen LogP contribution in [0, 0.1) is 0 Å². The molecule has 0 unspecified atom stereocenters. The maximum atomic E-state index is 12.5. The Hall–Kier alpha value is -3.68. The molecular formula is C21H23N5O3. The molecule has 0 spiro atoms. The van der Waals surface area contributed by atoms with Gasteiger partial charge in [0, 0.05) is 0 Å². The Morgan fingerprint density at radius 3 is 2.41 bits per heavy atom. The van der Waals surface area contributed by atoms with E-state index in [2.05, 4.69) is 20.7 Å². The molecule has 0 bridgehead atoms. The molecule has 2 N–H and O–H groups in total. The fourth-order valence-electron chi connectivity index (χ4n) is 2.84. The molecule has 3 rings (SSSR count). The molecule has 2 aromatic carbocycles. The Labute approximate surface area is 168 Å². The summed E-state index contributed by atoms with van der Waals surface area (Å²) in [6.45, 7) is 2.40. The van der Waals surface area contributed by atoms with Crippen LogP contribution in [0.5, 0.6) is 5.75 Å². The van der Waals surface area contributed by atoms with Crippen LogP contribution >= 0.6 is 0 Å². The minimum atomic E-state index is -0.341. The first-order valence-corrected chi connectivity index (χ1v) is 9.32. The Kier molecular flexibility index (Phi) is 6.94. The summed E-state index contributed by atoms with van der Waals surface area (Å²) in [5.41, 5.74) is 1.86. The van der Waals surface area contributed by atoms with Crippen LogP contribution < -0.4 is 15.4 Å². The van der Waals surface area contributed by atoms with Crippen LogP contribution in [0.15, 0.2) is 67.3 Å². The van der Waals surface area contributed by atoms with Crippen LogP contribution in [0.25, 0.3) is 0 Å². The van der Waals surface area contributed by atoms with Gasteiger partial charge >= 0.3 is 0 Å². The maximum absolute atomic E-state index is 12.5. The topological polar surface area (TPSA) is 98.1 Å². The second kappa shape index (κ2) is 10.0. The van der Waals surface area contributed by atoms with Crippen LogP contribution in [0.2, 0.25) is 0 Å². The summed E-state index contributed by atoms with van der Waals surface area (Å²) in [5, 5.41) is 9.45. The van der Waals surface area contributed by atoms with Crippen LogP contribution in [0.1, 0.15) is 24.1 Å². The molecule has 1 atom stereocenters. The van der Waals surface area contributed by atoms with Crippen LogP contribution in [0.3, 0.4) is 0 Å². The first-order chi connectivity index (χ1) is 14.2. The average Bonchev–Trinajstić information content (AvgIpc) is 3.25. The highest BCUT2D eigenvalue weighted by molar-refractivity contribution is 5.85. The number of amides is 2. The van der Waals surface area contributed by atoms with E-state index < -0.39 is 0 Å². The van der Waals surface area contributed by atoms with Gasteiger partial charge in [0.05, 0.1) is 19.2 Å². The molecule has 1 aromatic heterocycles. The van der Waals surface area contributed by atoms with Crippen molar-refractivity contribution in [3.05, 3.63) is 78.4 Å². The van der Waals surface area contributed by atoms with Gasteiger partial charge in [0.25, 0.3) is 0 Å². The Balaban J connectivity index is 1.65. The summed E-state index contributed by atoms with van der Waals surface area (Å²) in [7, 11) is 0. The molecule has 1 heterocycles. The SMILES string of the molecule is CCOc1ccc([C@H](NC(=O)CNC(=O)Cn2cncn2)c2ccccc2)cc1. The van der Waals surface area contributed by atoms with Gasteiger partial charge < -0.3 is 15.4 Å². The molecule has 0 fully saturated rings. The van der Waals surface area contributed by atoms with E-state index in [9.17, 15) is 9.59 Å². The highest BCUT2D eigenvalue weighted by atomic mass is 16.5. The lowest BCUT2D eigenvalue weighted by molar-refractivity contribution is -0.126. The Morgan fingerprint density at radius 1 is 1.03 bits per heavy atom. The highest BCUT2D eigenvalue weighted by Gasteiger charge is 2.17. The third kappa shape index (κ3) is 5.90. The number of hydrogen-bond acceptors (Lipinski definition) is 5. The molecule has 29 heavy (non-hydrogen) atoms. The second-order valence-electron chi connectivity index (χ2n) is 6.28. The highest BCUT2D eigenvalue weighted by Crippen LogP contribution is 2.24. The molecule has 8 heteroatoms. The number of ether oxygens (including phenoxy) is 1. The third-order valence-corrected chi connectivity index (χ3v) is 4.18. The fourth-order valence-corrected chi connectivity index (χ4v) is 2.84. The molecule has 0 saturated carbocycles. The van der Waals surface area contributed by atoms with E-state index in [1.165, 1.54) is 17.3 Å². The van der Waals surface area contributed by atoms with Gasteiger partial charge in [-0.25, -0.2) is 9.67 Å². The number of nitrogens with one attached hydrogen (secondary N) is 2. The zero-order chi connectivity index (χ0) is 20.5. The van der Waals surface area contributed by atoms with E-state index in [-0.39, 0.29) is 30.9 Å². The van der Waals surface area contributed by atoms with Crippen molar-refractivity contribution >= 4 is 11.8 Å². The first kappa shape index (κ1) is 20.1. The van der Waals surface area contributed by atoms with Gasteiger partial charge in [0.1, 0.15) is 24.9 Å². The Bertz CT molecular complexity index is 911. The lowest BCUT2D eigenvalue weighted by atomic mass is 9.98. The average molecular weight is 393 g/mol. The number of benzene rings is 2. The summed E-state index contributed by atoms with van der Waals surface area (Å²) >= 11 is 0. The molecule has 8 nitrogen and oxygen atoms in total. The van der Waals surface area contributed by atoms with Gasteiger partial charge in [0.15, 0.2) is 0 Å². The molecule has 150 valence electrons. The largest absolute Gasteiger partial charge is 0.494 e. The molecule has 0 radical (unpaired) electrons. The minimum absolute atomic E-state index is 0.00822. The third-order valence-electron chi connectivity index (χ3n) is 4.18. The van der Waals surface area contributed by atoms with E-state index in [4.69, 9.17) is 4.74 Å². The number of carbonyl (C=O) groups is 2. The van der Waals surface area contributed by atoms with E-state index in [0.29, 0.717) is 6.61 Å². The summed E-state index contributed by atoms with van der Waals surface area (Å²) in [5.74, 6) is 0.164. The summed E-state index contributed by atoms with van der Waals surface area (Å²) in [4.78, 5) is 28.2. The molecule has 0 saturated heterocycles. The van der Waals surface area contributed by atoms with E-state index in [1.54, 1.807) is 0 Å².